The lowest BCUT2D eigenvalue weighted by Crippen LogP contribution is -2.39. The highest BCUT2D eigenvalue weighted by atomic mass is 16.6. The number of aliphatic hydroxyl groups excluding tert-OH is 2. The summed E-state index contributed by atoms with van der Waals surface area (Å²) in [5, 5.41) is 19.2. The zero-order chi connectivity index (χ0) is 14.2. The van der Waals surface area contributed by atoms with Crippen LogP contribution in [0.3, 0.4) is 0 Å². The standard InChI is InChI=1S/C11H16N2O6/c1-5-3-13(11(17)12-9(5)16)10-7(15)8(18-2)6(4-14)19-10/h3,6-8,10,14-15H,4H2,1-2H3,(H,12,16,17)/t6-,7+,8?,10-/m1/s1. The van der Waals surface area contributed by atoms with Gasteiger partial charge in [-0.05, 0) is 6.92 Å². The molecular weight excluding hydrogens is 256 g/mol. The maximum Gasteiger partial charge on any atom is 0.330 e. The van der Waals surface area contributed by atoms with Gasteiger partial charge in [0.25, 0.3) is 5.56 Å². The molecule has 8 heteroatoms. The fraction of sp³-hybridized carbons (Fsp3) is 0.636. The number of nitrogens with zero attached hydrogens (tertiary/aromatic N) is 1. The minimum Gasteiger partial charge on any atom is -0.394 e. The molecule has 0 spiro atoms. The Morgan fingerprint density at radius 3 is 2.74 bits per heavy atom. The number of rotatable bonds is 3. The van der Waals surface area contributed by atoms with Gasteiger partial charge < -0.3 is 19.7 Å². The second-order valence-electron chi connectivity index (χ2n) is 4.42. The Morgan fingerprint density at radius 1 is 1.53 bits per heavy atom. The van der Waals surface area contributed by atoms with Gasteiger partial charge in [-0.2, -0.15) is 0 Å². The number of H-pyrrole nitrogens is 1. The molecule has 0 radical (unpaired) electrons. The number of aromatic amines is 1. The Labute approximate surface area is 108 Å². The molecule has 106 valence electrons. The number of methoxy groups -OCH3 is 1. The Kier molecular flexibility index (Phi) is 3.85. The summed E-state index contributed by atoms with van der Waals surface area (Å²) in [4.78, 5) is 25.1. The van der Waals surface area contributed by atoms with Crippen LogP contribution < -0.4 is 11.2 Å². The first-order valence-corrected chi connectivity index (χ1v) is 5.78. The molecule has 0 aliphatic carbocycles. The molecule has 19 heavy (non-hydrogen) atoms. The lowest BCUT2D eigenvalue weighted by atomic mass is 10.1. The van der Waals surface area contributed by atoms with E-state index >= 15 is 0 Å². The van der Waals surface area contributed by atoms with Crippen LogP contribution in [0.25, 0.3) is 0 Å². The smallest absolute Gasteiger partial charge is 0.330 e. The first-order chi connectivity index (χ1) is 8.99. The van der Waals surface area contributed by atoms with Crippen LogP contribution >= 0.6 is 0 Å². The van der Waals surface area contributed by atoms with Crippen LogP contribution in [0.15, 0.2) is 15.8 Å². The molecule has 0 bridgehead atoms. The molecule has 1 aliphatic heterocycles. The summed E-state index contributed by atoms with van der Waals surface area (Å²) >= 11 is 0. The van der Waals surface area contributed by atoms with Crippen molar-refractivity contribution in [3.05, 3.63) is 32.6 Å². The number of aliphatic hydroxyl groups is 2. The average Bonchev–Trinajstić information content (AvgIpc) is 2.70. The molecular formula is C11H16N2O6. The van der Waals surface area contributed by atoms with Gasteiger partial charge in [0.2, 0.25) is 0 Å². The highest BCUT2D eigenvalue weighted by Crippen LogP contribution is 2.29. The predicted molar refractivity (Wildman–Crippen MR) is 63.9 cm³/mol. The number of hydrogen-bond donors (Lipinski definition) is 3. The minimum atomic E-state index is -1.12. The van der Waals surface area contributed by atoms with Gasteiger partial charge >= 0.3 is 5.69 Å². The van der Waals surface area contributed by atoms with E-state index in [4.69, 9.17) is 14.6 Å². The van der Waals surface area contributed by atoms with Gasteiger partial charge in [-0.3, -0.25) is 14.3 Å². The molecule has 1 aliphatic rings. The van der Waals surface area contributed by atoms with E-state index in [1.807, 2.05) is 0 Å². The monoisotopic (exact) mass is 272 g/mol. The SMILES string of the molecule is COC1[C@@H](CO)O[C@@H](n2cc(C)c(=O)[nH]c2=O)[C@H]1O. The van der Waals surface area contributed by atoms with Crippen LogP contribution in [-0.2, 0) is 9.47 Å². The van der Waals surface area contributed by atoms with Gasteiger partial charge in [-0.1, -0.05) is 0 Å². The summed E-state index contributed by atoms with van der Waals surface area (Å²) in [6.45, 7) is 1.19. The van der Waals surface area contributed by atoms with Crippen molar-refractivity contribution in [1.82, 2.24) is 9.55 Å². The number of hydrogen-bond acceptors (Lipinski definition) is 6. The molecule has 1 fully saturated rings. The second-order valence-corrected chi connectivity index (χ2v) is 4.42. The maximum absolute atomic E-state index is 11.7. The van der Waals surface area contributed by atoms with Gasteiger partial charge in [0.15, 0.2) is 6.23 Å². The van der Waals surface area contributed by atoms with E-state index < -0.39 is 35.8 Å². The summed E-state index contributed by atoms with van der Waals surface area (Å²) in [6.07, 6.45) is -2.30. The van der Waals surface area contributed by atoms with Crippen molar-refractivity contribution >= 4 is 0 Å². The summed E-state index contributed by atoms with van der Waals surface area (Å²) in [7, 11) is 1.38. The fourth-order valence-corrected chi connectivity index (χ4v) is 2.16. The topological polar surface area (TPSA) is 114 Å². The predicted octanol–water partition coefficient (Wildman–Crippen LogP) is -1.89. The number of aromatic nitrogens is 2. The van der Waals surface area contributed by atoms with Gasteiger partial charge in [0.05, 0.1) is 6.61 Å². The molecule has 8 nitrogen and oxygen atoms in total. The minimum absolute atomic E-state index is 0.316. The Bertz CT molecular complexity index is 565. The van der Waals surface area contributed by atoms with Crippen molar-refractivity contribution in [3.8, 4) is 0 Å². The Balaban J connectivity index is 2.41. The van der Waals surface area contributed by atoms with E-state index in [0.717, 1.165) is 4.57 Å². The van der Waals surface area contributed by atoms with E-state index in [9.17, 15) is 14.7 Å². The maximum atomic E-state index is 11.7. The van der Waals surface area contributed by atoms with Crippen molar-refractivity contribution in [2.75, 3.05) is 13.7 Å². The van der Waals surface area contributed by atoms with Crippen molar-refractivity contribution in [2.45, 2.75) is 31.5 Å². The zero-order valence-corrected chi connectivity index (χ0v) is 10.6. The summed E-state index contributed by atoms with van der Waals surface area (Å²) in [5.41, 5.74) is -0.861. The molecule has 3 N–H and O–H groups in total. The van der Waals surface area contributed by atoms with E-state index in [1.54, 1.807) is 0 Å². The van der Waals surface area contributed by atoms with Gasteiger partial charge in [0.1, 0.15) is 18.3 Å². The molecule has 1 aromatic rings. The van der Waals surface area contributed by atoms with Crippen LogP contribution in [0.5, 0.6) is 0 Å². The third-order valence-corrected chi connectivity index (χ3v) is 3.18. The molecule has 1 aromatic heterocycles. The van der Waals surface area contributed by atoms with Crippen molar-refractivity contribution in [1.29, 1.82) is 0 Å². The molecule has 2 rings (SSSR count). The number of ether oxygens (including phenoxy) is 2. The van der Waals surface area contributed by atoms with Crippen molar-refractivity contribution < 1.29 is 19.7 Å². The largest absolute Gasteiger partial charge is 0.394 e. The number of aryl methyl sites for hydroxylation is 1. The van der Waals surface area contributed by atoms with E-state index in [-0.39, 0.29) is 6.61 Å². The molecule has 1 saturated heterocycles. The van der Waals surface area contributed by atoms with Crippen molar-refractivity contribution in [2.24, 2.45) is 0 Å². The third-order valence-electron chi connectivity index (χ3n) is 3.18. The van der Waals surface area contributed by atoms with Crippen LogP contribution in [0.1, 0.15) is 11.8 Å². The quantitative estimate of drug-likeness (QED) is 0.593. The summed E-state index contributed by atoms with van der Waals surface area (Å²) in [6, 6.07) is 0. The molecule has 1 unspecified atom stereocenters. The van der Waals surface area contributed by atoms with E-state index in [1.165, 1.54) is 20.2 Å². The molecule has 4 atom stereocenters. The first-order valence-electron chi connectivity index (χ1n) is 5.78. The van der Waals surface area contributed by atoms with Crippen molar-refractivity contribution in [3.63, 3.8) is 0 Å². The number of nitrogens with one attached hydrogen (secondary N) is 1. The first kappa shape index (κ1) is 13.9. The highest BCUT2D eigenvalue weighted by molar-refractivity contribution is 5.03. The van der Waals surface area contributed by atoms with Gasteiger partial charge in [-0.15, -0.1) is 0 Å². The fourth-order valence-electron chi connectivity index (χ4n) is 2.16. The molecule has 2 heterocycles. The van der Waals surface area contributed by atoms with Crippen LogP contribution in [0.4, 0.5) is 0 Å². The second kappa shape index (κ2) is 5.25. The van der Waals surface area contributed by atoms with Crippen LogP contribution in [0.2, 0.25) is 0 Å². The summed E-state index contributed by atoms with van der Waals surface area (Å²) in [5.74, 6) is 0. The van der Waals surface area contributed by atoms with Crippen LogP contribution in [-0.4, -0.2) is 51.8 Å². The van der Waals surface area contributed by atoms with E-state index in [0.29, 0.717) is 5.56 Å². The Hall–Kier alpha value is -1.48. The normalized spacial score (nSPS) is 30.7. The van der Waals surface area contributed by atoms with Gasteiger partial charge in [-0.25, -0.2) is 4.79 Å². The third kappa shape index (κ3) is 2.35. The highest BCUT2D eigenvalue weighted by Gasteiger charge is 2.45. The average molecular weight is 272 g/mol. The lowest BCUT2D eigenvalue weighted by molar-refractivity contribution is -0.0569. The van der Waals surface area contributed by atoms with Gasteiger partial charge in [0, 0.05) is 18.9 Å². The van der Waals surface area contributed by atoms with E-state index in [2.05, 4.69) is 4.98 Å². The molecule has 0 saturated carbocycles. The summed E-state index contributed by atoms with van der Waals surface area (Å²) < 4.78 is 11.5. The Morgan fingerprint density at radius 2 is 2.21 bits per heavy atom. The van der Waals surface area contributed by atoms with Crippen LogP contribution in [0, 0.1) is 6.92 Å². The zero-order valence-electron chi connectivity index (χ0n) is 10.6. The molecule has 0 aromatic carbocycles. The molecule has 0 amide bonds. The lowest BCUT2D eigenvalue weighted by Gasteiger charge is -2.18.